The Morgan fingerprint density at radius 3 is 1.48 bits per heavy atom. The summed E-state index contributed by atoms with van der Waals surface area (Å²) < 4.78 is 48.6. The highest BCUT2D eigenvalue weighted by molar-refractivity contribution is 5.69. The van der Waals surface area contributed by atoms with E-state index in [0.29, 0.717) is 0 Å². The number of aliphatic hydroxyl groups is 1. The highest BCUT2D eigenvalue weighted by Crippen LogP contribution is 2.34. The Morgan fingerprint density at radius 2 is 1.00 bits per heavy atom. The monoisotopic (exact) mass is 578 g/mol. The third-order valence-corrected chi connectivity index (χ3v) is 5.59. The van der Waals surface area contributed by atoms with Crippen molar-refractivity contribution in [2.24, 2.45) is 0 Å². The van der Waals surface area contributed by atoms with Crippen LogP contribution < -0.4 is 0 Å². The van der Waals surface area contributed by atoms with E-state index in [1.54, 1.807) is 0 Å². The quantitative estimate of drug-likeness (QED) is 0.259. The summed E-state index contributed by atoms with van der Waals surface area (Å²) in [7, 11) is 0. The molecule has 2 aliphatic rings. The van der Waals surface area contributed by atoms with E-state index < -0.39 is 104 Å². The fourth-order valence-electron chi connectivity index (χ4n) is 4.27. The molecule has 0 spiro atoms. The van der Waals surface area contributed by atoms with E-state index in [1.807, 2.05) is 0 Å². The van der Waals surface area contributed by atoms with Crippen LogP contribution in [0.2, 0.25) is 0 Å². The van der Waals surface area contributed by atoms with Gasteiger partial charge in [-0.15, -0.1) is 0 Å². The van der Waals surface area contributed by atoms with Gasteiger partial charge in [0.1, 0.15) is 12.7 Å². The van der Waals surface area contributed by atoms with Crippen molar-refractivity contribution in [3.8, 4) is 0 Å². The summed E-state index contributed by atoms with van der Waals surface area (Å²) in [5, 5.41) is 10.8. The van der Waals surface area contributed by atoms with Crippen LogP contribution in [0, 0.1) is 0 Å². The summed E-state index contributed by atoms with van der Waals surface area (Å²) in [6, 6.07) is 0. The van der Waals surface area contributed by atoms with Gasteiger partial charge in [0.2, 0.25) is 0 Å². The largest absolute Gasteiger partial charge is 0.463 e. The maximum atomic E-state index is 12.0. The Bertz CT molecular complexity index is 965. The Hall–Kier alpha value is -3.34. The van der Waals surface area contributed by atoms with E-state index in [-0.39, 0.29) is 0 Å². The zero-order valence-electron chi connectivity index (χ0n) is 23.1. The molecule has 2 aliphatic heterocycles. The molecule has 226 valence electrons. The van der Waals surface area contributed by atoms with Crippen LogP contribution >= 0.6 is 0 Å². The first-order valence-electron chi connectivity index (χ1n) is 12.2. The van der Waals surface area contributed by atoms with Crippen molar-refractivity contribution < 1.29 is 76.5 Å². The van der Waals surface area contributed by atoms with E-state index in [2.05, 4.69) is 0 Å². The summed E-state index contributed by atoms with van der Waals surface area (Å²) in [4.78, 5) is 70.9. The average molecular weight is 579 g/mol. The lowest BCUT2D eigenvalue weighted by Gasteiger charge is -2.47. The number of carbonyl (C=O) groups excluding carboxylic acids is 6. The van der Waals surface area contributed by atoms with E-state index in [9.17, 15) is 33.9 Å². The molecule has 2 saturated heterocycles. The van der Waals surface area contributed by atoms with Gasteiger partial charge in [-0.3, -0.25) is 28.8 Å². The molecule has 2 heterocycles. The van der Waals surface area contributed by atoms with Crippen LogP contribution in [-0.2, 0) is 71.4 Å². The van der Waals surface area contributed by atoms with Gasteiger partial charge in [-0.25, -0.2) is 0 Å². The van der Waals surface area contributed by atoms with Gasteiger partial charge in [0, 0.05) is 41.5 Å². The molecule has 16 heteroatoms. The fourth-order valence-corrected chi connectivity index (χ4v) is 4.27. The minimum atomic E-state index is -1.90. The molecular formula is C24H34O16. The topological polar surface area (TPSA) is 206 Å². The third kappa shape index (κ3) is 9.11. The number of hydrogen-bond donors (Lipinski definition) is 1. The second-order valence-corrected chi connectivity index (χ2v) is 9.05. The first-order valence-corrected chi connectivity index (χ1v) is 12.2. The molecule has 0 aromatic rings. The SMILES string of the molecule is CC(=O)OC[C@H]1O[C@@H](O)[C@H](O[C@H]2O[C@@H](C)[C@H](OC(C)=O)[C@@H](OC(C)=O)[C@H]2OC(C)=O)[C@@H](OC(C)=O)[C@@H]1OC(C)=O. The normalized spacial score (nSPS) is 33.6. The number of ether oxygens (including phenoxy) is 9. The highest BCUT2D eigenvalue weighted by Gasteiger charge is 2.56. The molecule has 40 heavy (non-hydrogen) atoms. The van der Waals surface area contributed by atoms with Gasteiger partial charge in [-0.2, -0.15) is 0 Å². The van der Waals surface area contributed by atoms with E-state index in [1.165, 1.54) is 6.92 Å². The van der Waals surface area contributed by atoms with Crippen LogP contribution in [-0.4, -0.2) is 109 Å². The third-order valence-electron chi connectivity index (χ3n) is 5.59. The first-order chi connectivity index (χ1) is 18.6. The van der Waals surface area contributed by atoms with Crippen molar-refractivity contribution in [2.45, 2.75) is 110 Å². The highest BCUT2D eigenvalue weighted by atomic mass is 16.8. The Kier molecular flexibility index (Phi) is 11.8. The van der Waals surface area contributed by atoms with Crippen LogP contribution in [0.1, 0.15) is 48.5 Å². The molecule has 10 atom stereocenters. The first kappa shape index (κ1) is 32.9. The Balaban J connectivity index is 2.49. The molecule has 0 unspecified atom stereocenters. The van der Waals surface area contributed by atoms with Crippen molar-refractivity contribution in [2.75, 3.05) is 6.61 Å². The summed E-state index contributed by atoms with van der Waals surface area (Å²) in [5.74, 6) is -4.80. The summed E-state index contributed by atoms with van der Waals surface area (Å²) >= 11 is 0. The maximum absolute atomic E-state index is 12.0. The van der Waals surface area contributed by atoms with E-state index in [4.69, 9.17) is 42.6 Å². The summed E-state index contributed by atoms with van der Waals surface area (Å²) in [6.45, 7) is 7.45. The lowest BCUT2D eigenvalue weighted by atomic mass is 9.96. The molecule has 0 aliphatic carbocycles. The van der Waals surface area contributed by atoms with Crippen LogP contribution in [0.15, 0.2) is 0 Å². The minimum absolute atomic E-state index is 0.486. The average Bonchev–Trinajstić information content (AvgIpc) is 2.80. The van der Waals surface area contributed by atoms with Crippen molar-refractivity contribution in [3.63, 3.8) is 0 Å². The smallest absolute Gasteiger partial charge is 0.303 e. The van der Waals surface area contributed by atoms with Crippen molar-refractivity contribution in [1.82, 2.24) is 0 Å². The number of hydrogen-bond acceptors (Lipinski definition) is 16. The Morgan fingerprint density at radius 1 is 0.575 bits per heavy atom. The van der Waals surface area contributed by atoms with Crippen LogP contribution in [0.3, 0.4) is 0 Å². The van der Waals surface area contributed by atoms with Gasteiger partial charge in [0.25, 0.3) is 0 Å². The summed E-state index contributed by atoms with van der Waals surface area (Å²) in [5.41, 5.74) is 0. The second-order valence-electron chi connectivity index (χ2n) is 9.05. The van der Waals surface area contributed by atoms with Crippen molar-refractivity contribution in [1.29, 1.82) is 0 Å². The lowest BCUT2D eigenvalue weighted by Crippen LogP contribution is -2.66. The minimum Gasteiger partial charge on any atom is -0.463 e. The molecular weight excluding hydrogens is 544 g/mol. The summed E-state index contributed by atoms with van der Waals surface area (Å²) in [6.07, 6.45) is -14.7. The second kappa shape index (κ2) is 14.3. The molecule has 1 N–H and O–H groups in total. The molecule has 0 amide bonds. The Labute approximate surface area is 229 Å². The van der Waals surface area contributed by atoms with Crippen molar-refractivity contribution >= 4 is 35.8 Å². The molecule has 0 aromatic carbocycles. The predicted molar refractivity (Wildman–Crippen MR) is 124 cm³/mol. The maximum Gasteiger partial charge on any atom is 0.303 e. The lowest BCUT2D eigenvalue weighted by molar-refractivity contribution is -0.360. The van der Waals surface area contributed by atoms with Gasteiger partial charge >= 0.3 is 35.8 Å². The molecule has 2 fully saturated rings. The van der Waals surface area contributed by atoms with Gasteiger partial charge in [-0.1, -0.05) is 0 Å². The van der Waals surface area contributed by atoms with Crippen LogP contribution in [0.25, 0.3) is 0 Å². The number of aliphatic hydroxyl groups excluding tert-OH is 1. The fraction of sp³-hybridized carbons (Fsp3) is 0.750. The molecule has 0 saturated carbocycles. The molecule has 0 bridgehead atoms. The number of rotatable bonds is 9. The standard InChI is InChI=1S/C24H34O16/c1-9-17(34-11(3)26)19(36-13(5)28)22(38-15(7)30)24(33-9)40-21-20(37-14(6)29)18(35-12(4)27)16(39-23(21)31)8-32-10(2)25/h9,16-24,31H,8H2,1-7H3/t9-,16+,17-,18+,19+,20-,21+,22+,23+,24+/m0/s1. The number of carbonyl (C=O) groups is 6. The molecule has 0 aromatic heterocycles. The zero-order chi connectivity index (χ0) is 30.3. The van der Waals surface area contributed by atoms with Gasteiger partial charge in [0.05, 0.1) is 6.10 Å². The van der Waals surface area contributed by atoms with Crippen LogP contribution in [0.5, 0.6) is 0 Å². The molecule has 0 radical (unpaired) electrons. The molecule has 16 nitrogen and oxygen atoms in total. The number of esters is 6. The van der Waals surface area contributed by atoms with Gasteiger partial charge < -0.3 is 47.7 Å². The van der Waals surface area contributed by atoms with E-state index in [0.717, 1.165) is 41.5 Å². The molecule has 2 rings (SSSR count). The van der Waals surface area contributed by atoms with E-state index >= 15 is 0 Å². The van der Waals surface area contributed by atoms with Crippen LogP contribution in [0.4, 0.5) is 0 Å². The van der Waals surface area contributed by atoms with Crippen molar-refractivity contribution in [3.05, 3.63) is 0 Å². The zero-order valence-corrected chi connectivity index (χ0v) is 23.1. The predicted octanol–water partition coefficient (Wildman–Crippen LogP) is -0.945. The van der Waals surface area contributed by atoms with Gasteiger partial charge in [-0.05, 0) is 6.92 Å². The van der Waals surface area contributed by atoms with Gasteiger partial charge in [0.15, 0.2) is 49.2 Å².